The van der Waals surface area contributed by atoms with Gasteiger partial charge in [-0.05, 0) is 55.3 Å². The maximum absolute atomic E-state index is 12.9. The lowest BCUT2D eigenvalue weighted by Gasteiger charge is -2.07. The number of hydrogen-bond donors (Lipinski definition) is 2. The number of ether oxygens (including phenoxy) is 3. The minimum atomic E-state index is -0.612. The van der Waals surface area contributed by atoms with Crippen LogP contribution in [0.5, 0.6) is 11.5 Å². The van der Waals surface area contributed by atoms with Gasteiger partial charge >= 0.3 is 5.97 Å². The molecule has 2 amide bonds. The van der Waals surface area contributed by atoms with E-state index in [1.165, 1.54) is 13.2 Å². The van der Waals surface area contributed by atoms with E-state index in [-0.39, 0.29) is 23.1 Å². The number of carbonyl (C=O) groups is 3. The Hall–Kier alpha value is -4.11. The number of nitrogens with one attached hydrogen (secondary N) is 2. The summed E-state index contributed by atoms with van der Waals surface area (Å²) in [5.41, 5.74) is 1.92. The van der Waals surface area contributed by atoms with Gasteiger partial charge in [-0.15, -0.1) is 11.3 Å². The summed E-state index contributed by atoms with van der Waals surface area (Å²) in [6.07, 6.45) is 2.93. The molecule has 0 bridgehead atoms. The monoisotopic (exact) mass is 494 g/mol. The van der Waals surface area contributed by atoms with Crippen molar-refractivity contribution >= 4 is 45.9 Å². The number of amides is 2. The van der Waals surface area contributed by atoms with Crippen LogP contribution in [0.4, 0.5) is 10.7 Å². The highest BCUT2D eigenvalue weighted by molar-refractivity contribution is 7.19. The van der Waals surface area contributed by atoms with Crippen molar-refractivity contribution in [3.05, 3.63) is 76.2 Å². The second kappa shape index (κ2) is 11.8. The molecule has 8 nitrogen and oxygen atoms in total. The van der Waals surface area contributed by atoms with Gasteiger partial charge in [-0.1, -0.05) is 24.3 Å². The van der Waals surface area contributed by atoms with E-state index in [9.17, 15) is 14.4 Å². The third kappa shape index (κ3) is 6.27. The summed E-state index contributed by atoms with van der Waals surface area (Å²) in [7, 11) is 3.07. The lowest BCUT2D eigenvalue weighted by molar-refractivity contribution is -0.111. The molecule has 0 radical (unpaired) electrons. The highest BCUT2D eigenvalue weighted by atomic mass is 32.1. The third-order valence-corrected chi connectivity index (χ3v) is 6.14. The van der Waals surface area contributed by atoms with Gasteiger partial charge in [0.1, 0.15) is 5.00 Å². The van der Waals surface area contributed by atoms with Crippen molar-refractivity contribution in [2.75, 3.05) is 31.5 Å². The first-order valence-electron chi connectivity index (χ1n) is 10.8. The van der Waals surface area contributed by atoms with Crippen molar-refractivity contribution < 1.29 is 28.6 Å². The lowest BCUT2D eigenvalue weighted by atomic mass is 10.1. The summed E-state index contributed by atoms with van der Waals surface area (Å²) in [5.74, 6) is -0.363. The van der Waals surface area contributed by atoms with Crippen LogP contribution >= 0.6 is 11.3 Å². The van der Waals surface area contributed by atoms with E-state index >= 15 is 0 Å². The van der Waals surface area contributed by atoms with Crippen LogP contribution in [0.2, 0.25) is 0 Å². The molecule has 9 heteroatoms. The minimum absolute atomic E-state index is 0.155. The van der Waals surface area contributed by atoms with Crippen molar-refractivity contribution in [1.29, 1.82) is 0 Å². The Balaban J connectivity index is 1.85. The average Bonchev–Trinajstić information content (AvgIpc) is 3.18. The van der Waals surface area contributed by atoms with Crippen LogP contribution in [0, 0.1) is 6.92 Å². The molecule has 0 saturated carbocycles. The second-order valence-electron chi connectivity index (χ2n) is 7.24. The predicted octanol–water partition coefficient (Wildman–Crippen LogP) is 5.15. The highest BCUT2D eigenvalue weighted by Crippen LogP contribution is 2.34. The summed E-state index contributed by atoms with van der Waals surface area (Å²) in [4.78, 5) is 38.5. The molecule has 0 aliphatic rings. The zero-order chi connectivity index (χ0) is 25.4. The van der Waals surface area contributed by atoms with Gasteiger partial charge in [0.15, 0.2) is 11.5 Å². The van der Waals surface area contributed by atoms with Gasteiger partial charge in [0.25, 0.3) is 5.91 Å². The molecule has 3 aromatic rings. The molecule has 0 saturated heterocycles. The number of rotatable bonds is 9. The Labute approximate surface area is 207 Å². The fraction of sp³-hybridized carbons (Fsp3) is 0.192. The van der Waals surface area contributed by atoms with Gasteiger partial charge < -0.3 is 24.8 Å². The average molecular weight is 495 g/mol. The molecule has 0 aliphatic carbocycles. The van der Waals surface area contributed by atoms with Crippen molar-refractivity contribution in [1.82, 2.24) is 0 Å². The zero-order valence-corrected chi connectivity index (χ0v) is 20.7. The van der Waals surface area contributed by atoms with E-state index in [1.54, 1.807) is 69.5 Å². The Morgan fingerprint density at radius 2 is 1.69 bits per heavy atom. The summed E-state index contributed by atoms with van der Waals surface area (Å²) < 4.78 is 15.7. The molecule has 3 rings (SSSR count). The number of anilines is 2. The van der Waals surface area contributed by atoms with E-state index in [4.69, 9.17) is 14.2 Å². The highest BCUT2D eigenvalue weighted by Gasteiger charge is 2.26. The van der Waals surface area contributed by atoms with E-state index in [1.807, 2.05) is 6.07 Å². The summed E-state index contributed by atoms with van der Waals surface area (Å²) in [5, 5.41) is 5.75. The molecular formula is C26H26N2O6S. The molecule has 0 unspecified atom stereocenters. The predicted molar refractivity (Wildman–Crippen MR) is 137 cm³/mol. The van der Waals surface area contributed by atoms with Gasteiger partial charge in [0.2, 0.25) is 5.91 Å². The minimum Gasteiger partial charge on any atom is -0.493 e. The first-order valence-corrected chi connectivity index (χ1v) is 11.6. The molecule has 182 valence electrons. The maximum atomic E-state index is 12.9. The number of esters is 1. The van der Waals surface area contributed by atoms with Crippen molar-refractivity contribution in [2.45, 2.75) is 13.8 Å². The molecule has 2 aromatic carbocycles. The van der Waals surface area contributed by atoms with E-state index in [0.717, 1.165) is 11.3 Å². The van der Waals surface area contributed by atoms with Gasteiger partial charge in [-0.25, -0.2) is 4.79 Å². The van der Waals surface area contributed by atoms with Crippen LogP contribution in [0.1, 0.15) is 38.1 Å². The Kier molecular flexibility index (Phi) is 8.63. The number of hydrogen-bond acceptors (Lipinski definition) is 7. The van der Waals surface area contributed by atoms with Crippen molar-refractivity contribution in [3.8, 4) is 11.5 Å². The van der Waals surface area contributed by atoms with Gasteiger partial charge in [-0.2, -0.15) is 0 Å². The lowest BCUT2D eigenvalue weighted by Crippen LogP contribution is -2.13. The van der Waals surface area contributed by atoms with Crippen LogP contribution in [0.15, 0.2) is 54.6 Å². The Morgan fingerprint density at radius 3 is 2.34 bits per heavy atom. The number of para-hydroxylation sites is 1. The van der Waals surface area contributed by atoms with Crippen LogP contribution in [0.3, 0.4) is 0 Å². The quantitative estimate of drug-likeness (QED) is 0.315. The molecule has 1 aromatic heterocycles. The van der Waals surface area contributed by atoms with Crippen molar-refractivity contribution in [3.63, 3.8) is 0 Å². The fourth-order valence-corrected chi connectivity index (χ4v) is 4.35. The van der Waals surface area contributed by atoms with E-state index in [0.29, 0.717) is 33.2 Å². The molecule has 0 atom stereocenters. The van der Waals surface area contributed by atoms with Gasteiger partial charge in [-0.3, -0.25) is 9.59 Å². The summed E-state index contributed by atoms with van der Waals surface area (Å²) >= 11 is 1.01. The SMILES string of the molecule is CCOC(=O)c1c(NC(=O)/C=C/c2ccc(OC)c(OC)c2)sc(C(=O)Nc2ccccc2)c1C. The number of methoxy groups -OCH3 is 2. The molecule has 0 spiro atoms. The number of carbonyl (C=O) groups excluding carboxylic acids is 3. The number of benzene rings is 2. The molecule has 0 fully saturated rings. The molecule has 2 N–H and O–H groups in total. The standard InChI is InChI=1S/C26H26N2O6S/c1-5-34-26(31)22-16(2)23(24(30)27-18-9-7-6-8-10-18)35-25(22)28-21(29)14-12-17-11-13-19(32-3)20(15-17)33-4/h6-15H,5H2,1-4H3,(H,27,30)(H,28,29)/b14-12+. The largest absolute Gasteiger partial charge is 0.493 e. The normalized spacial score (nSPS) is 10.6. The Bertz CT molecular complexity index is 1250. The van der Waals surface area contributed by atoms with Crippen LogP contribution in [0.25, 0.3) is 6.08 Å². The third-order valence-electron chi connectivity index (χ3n) is 4.94. The summed E-state index contributed by atoms with van der Waals surface area (Å²) in [6.45, 7) is 3.50. The number of thiophene rings is 1. The maximum Gasteiger partial charge on any atom is 0.341 e. The van der Waals surface area contributed by atoms with Crippen LogP contribution < -0.4 is 20.1 Å². The van der Waals surface area contributed by atoms with Gasteiger partial charge in [0.05, 0.1) is 31.3 Å². The van der Waals surface area contributed by atoms with E-state index < -0.39 is 11.9 Å². The van der Waals surface area contributed by atoms with Crippen LogP contribution in [-0.2, 0) is 9.53 Å². The summed E-state index contributed by atoms with van der Waals surface area (Å²) in [6, 6.07) is 14.2. The fourth-order valence-electron chi connectivity index (χ4n) is 3.26. The first-order chi connectivity index (χ1) is 16.9. The zero-order valence-electron chi connectivity index (χ0n) is 19.8. The topological polar surface area (TPSA) is 103 Å². The molecular weight excluding hydrogens is 468 g/mol. The van der Waals surface area contributed by atoms with Gasteiger partial charge in [0, 0.05) is 11.8 Å². The second-order valence-corrected chi connectivity index (χ2v) is 8.26. The van der Waals surface area contributed by atoms with Crippen LogP contribution in [-0.4, -0.2) is 38.6 Å². The molecule has 0 aliphatic heterocycles. The first kappa shape index (κ1) is 25.5. The van der Waals surface area contributed by atoms with E-state index in [2.05, 4.69) is 10.6 Å². The molecule has 1 heterocycles. The smallest absolute Gasteiger partial charge is 0.341 e. The van der Waals surface area contributed by atoms with Crippen molar-refractivity contribution in [2.24, 2.45) is 0 Å². The molecule has 35 heavy (non-hydrogen) atoms. The Morgan fingerprint density at radius 1 is 0.971 bits per heavy atom.